The Hall–Kier alpha value is -5.10. The molecule has 214 valence electrons. The number of nitrogens with one attached hydrogen (secondary N) is 3. The maximum atomic E-state index is 12.4. The van der Waals surface area contributed by atoms with Gasteiger partial charge in [0, 0.05) is 54.6 Å². The van der Waals surface area contributed by atoms with Crippen LogP contribution < -0.4 is 30.7 Å². The number of rotatable bonds is 6. The Kier molecular flexibility index (Phi) is 7.36. The largest absolute Gasteiger partial charge is 0.493 e. The van der Waals surface area contributed by atoms with E-state index in [-0.39, 0.29) is 11.9 Å². The summed E-state index contributed by atoms with van der Waals surface area (Å²) in [5, 5.41) is 8.67. The summed E-state index contributed by atoms with van der Waals surface area (Å²) in [6, 6.07) is 20.4. The number of carbonyl (C=O) groups is 1. The van der Waals surface area contributed by atoms with Crippen molar-refractivity contribution < 1.29 is 14.3 Å². The van der Waals surface area contributed by atoms with Gasteiger partial charge in [-0.1, -0.05) is 18.2 Å². The van der Waals surface area contributed by atoms with E-state index < -0.39 is 0 Å². The van der Waals surface area contributed by atoms with E-state index in [9.17, 15) is 4.79 Å². The Labute approximate surface area is 247 Å². The van der Waals surface area contributed by atoms with Crippen molar-refractivity contribution in [2.45, 2.75) is 0 Å². The van der Waals surface area contributed by atoms with Gasteiger partial charge in [-0.05, 0) is 54.7 Å². The van der Waals surface area contributed by atoms with Crippen LogP contribution in [0.3, 0.4) is 0 Å². The molecule has 0 spiro atoms. The molecule has 0 aliphatic carbocycles. The molecule has 6 rings (SSSR count). The van der Waals surface area contributed by atoms with Gasteiger partial charge in [0.2, 0.25) is 5.95 Å². The summed E-state index contributed by atoms with van der Waals surface area (Å²) in [7, 11) is 3.22. The third kappa shape index (κ3) is 5.31. The summed E-state index contributed by atoms with van der Waals surface area (Å²) in [4.78, 5) is 29.2. The Balaban J connectivity index is 1.13. The molecule has 1 aliphatic rings. The zero-order valence-electron chi connectivity index (χ0n) is 23.2. The highest BCUT2D eigenvalue weighted by Crippen LogP contribution is 2.38. The summed E-state index contributed by atoms with van der Waals surface area (Å²) in [6.07, 6.45) is 0. The molecule has 1 fully saturated rings. The number of hydrogen-bond donors (Lipinski definition) is 4. The SMILES string of the molecule is COc1cc2[nH]c3nc(N)nc(N4CCN(C(=S)Nc5ccc(NC(=O)c6ccccc6)cc5)CC4)c3c2cc1OC. The molecule has 12 heteroatoms. The number of benzene rings is 3. The first-order valence-electron chi connectivity index (χ1n) is 13.4. The zero-order chi connectivity index (χ0) is 29.2. The fourth-order valence-corrected chi connectivity index (χ4v) is 5.40. The number of nitrogens with two attached hydrogens (primary N) is 1. The van der Waals surface area contributed by atoms with Gasteiger partial charge in [0.25, 0.3) is 5.91 Å². The van der Waals surface area contributed by atoms with Gasteiger partial charge in [-0.3, -0.25) is 4.79 Å². The molecule has 0 radical (unpaired) electrons. The lowest BCUT2D eigenvalue weighted by atomic mass is 10.1. The number of hydrogen-bond acceptors (Lipinski definition) is 8. The van der Waals surface area contributed by atoms with Gasteiger partial charge in [-0.25, -0.2) is 0 Å². The topological polar surface area (TPSA) is 134 Å². The lowest BCUT2D eigenvalue weighted by Crippen LogP contribution is -2.50. The number of aromatic nitrogens is 3. The smallest absolute Gasteiger partial charge is 0.255 e. The number of piperazine rings is 1. The van der Waals surface area contributed by atoms with E-state index in [1.165, 1.54) is 0 Å². The van der Waals surface area contributed by atoms with Crippen molar-refractivity contribution in [1.29, 1.82) is 0 Å². The van der Waals surface area contributed by atoms with E-state index >= 15 is 0 Å². The highest BCUT2D eigenvalue weighted by Gasteiger charge is 2.25. The summed E-state index contributed by atoms with van der Waals surface area (Å²) >= 11 is 5.73. The van der Waals surface area contributed by atoms with Crippen LogP contribution in [-0.2, 0) is 0 Å². The highest BCUT2D eigenvalue weighted by atomic mass is 32.1. The van der Waals surface area contributed by atoms with Crippen LogP contribution in [0.5, 0.6) is 11.5 Å². The predicted octanol–water partition coefficient (Wildman–Crippen LogP) is 4.48. The number of amides is 1. The van der Waals surface area contributed by atoms with Crippen molar-refractivity contribution in [2.75, 3.05) is 61.7 Å². The monoisotopic (exact) mass is 582 g/mol. The molecule has 0 bridgehead atoms. The predicted molar refractivity (Wildman–Crippen MR) is 170 cm³/mol. The average molecular weight is 583 g/mol. The van der Waals surface area contributed by atoms with Crippen LogP contribution in [0.4, 0.5) is 23.1 Å². The van der Waals surface area contributed by atoms with Crippen molar-refractivity contribution in [3.8, 4) is 11.5 Å². The van der Waals surface area contributed by atoms with Crippen molar-refractivity contribution in [3.05, 3.63) is 72.3 Å². The number of nitrogens with zero attached hydrogens (tertiary/aromatic N) is 4. The van der Waals surface area contributed by atoms with Gasteiger partial charge in [0.1, 0.15) is 11.5 Å². The molecule has 1 saturated heterocycles. The zero-order valence-corrected chi connectivity index (χ0v) is 24.0. The lowest BCUT2D eigenvalue weighted by Gasteiger charge is -2.37. The van der Waals surface area contributed by atoms with Crippen LogP contribution in [0.1, 0.15) is 10.4 Å². The number of anilines is 4. The fraction of sp³-hybridized carbons (Fsp3) is 0.200. The lowest BCUT2D eigenvalue weighted by molar-refractivity contribution is 0.102. The van der Waals surface area contributed by atoms with Crippen LogP contribution in [0.25, 0.3) is 21.9 Å². The minimum atomic E-state index is -0.154. The van der Waals surface area contributed by atoms with Gasteiger partial charge < -0.3 is 40.6 Å². The number of thiocarbonyl (C=S) groups is 1. The van der Waals surface area contributed by atoms with Crippen LogP contribution in [-0.4, -0.2) is 71.3 Å². The van der Waals surface area contributed by atoms with Gasteiger partial charge in [0.05, 0.1) is 25.1 Å². The van der Waals surface area contributed by atoms with Crippen molar-refractivity contribution in [2.24, 2.45) is 0 Å². The average Bonchev–Trinajstić information content (AvgIpc) is 3.38. The molecular weight excluding hydrogens is 552 g/mol. The Morgan fingerprint density at radius 2 is 1.55 bits per heavy atom. The normalized spacial score (nSPS) is 13.3. The molecule has 5 N–H and O–H groups in total. The molecule has 0 unspecified atom stereocenters. The molecule has 42 heavy (non-hydrogen) atoms. The molecule has 1 amide bonds. The maximum Gasteiger partial charge on any atom is 0.255 e. The van der Waals surface area contributed by atoms with Crippen LogP contribution in [0.2, 0.25) is 0 Å². The quantitative estimate of drug-likeness (QED) is 0.212. The van der Waals surface area contributed by atoms with E-state index in [0.717, 1.165) is 27.8 Å². The summed E-state index contributed by atoms with van der Waals surface area (Å²) in [6.45, 7) is 2.78. The van der Waals surface area contributed by atoms with Crippen LogP contribution >= 0.6 is 12.2 Å². The van der Waals surface area contributed by atoms with Crippen LogP contribution in [0, 0.1) is 0 Å². The van der Waals surface area contributed by atoms with Crippen molar-refractivity contribution in [3.63, 3.8) is 0 Å². The maximum absolute atomic E-state index is 12.4. The number of carbonyl (C=O) groups excluding carboxylic acids is 1. The fourth-order valence-electron chi connectivity index (χ4n) is 5.10. The molecule has 3 aromatic carbocycles. The Morgan fingerprint density at radius 3 is 2.21 bits per heavy atom. The number of methoxy groups -OCH3 is 2. The van der Waals surface area contributed by atoms with E-state index in [0.29, 0.717) is 59.7 Å². The third-order valence-electron chi connectivity index (χ3n) is 7.25. The molecule has 0 saturated carbocycles. The number of ether oxygens (including phenoxy) is 2. The van der Waals surface area contributed by atoms with Gasteiger partial charge >= 0.3 is 0 Å². The second kappa shape index (κ2) is 11.4. The first-order valence-corrected chi connectivity index (χ1v) is 13.8. The standard InChI is InChI=1S/C30H30N8O3S/c1-40-23-16-21-22(17-24(23)41-2)34-26-25(21)27(36-29(31)35-26)37-12-14-38(15-13-37)30(42)33-20-10-8-19(9-11-20)32-28(39)18-6-4-3-5-7-18/h3-11,16-17H,12-15H2,1-2H3,(H,32,39)(H,33,42)(H3,31,34,35,36). The molecule has 11 nitrogen and oxygen atoms in total. The minimum Gasteiger partial charge on any atom is -0.493 e. The van der Waals surface area contributed by atoms with E-state index in [2.05, 4.69) is 35.4 Å². The van der Waals surface area contributed by atoms with E-state index in [1.54, 1.807) is 26.4 Å². The molecule has 2 aromatic heterocycles. The number of aromatic amines is 1. The molecule has 3 heterocycles. The third-order valence-corrected chi connectivity index (χ3v) is 7.61. The first-order chi connectivity index (χ1) is 20.4. The summed E-state index contributed by atoms with van der Waals surface area (Å²) in [5.74, 6) is 2.06. The van der Waals surface area contributed by atoms with Gasteiger partial charge in [-0.15, -0.1) is 0 Å². The van der Waals surface area contributed by atoms with Crippen LogP contribution in [0.15, 0.2) is 66.7 Å². The summed E-state index contributed by atoms with van der Waals surface area (Å²) in [5.41, 5.74) is 9.78. The second-order valence-electron chi connectivity index (χ2n) is 9.81. The van der Waals surface area contributed by atoms with Crippen molar-refractivity contribution in [1.82, 2.24) is 19.9 Å². The molecule has 5 aromatic rings. The molecule has 1 aliphatic heterocycles. The van der Waals surface area contributed by atoms with E-state index in [1.807, 2.05) is 54.6 Å². The number of nitrogen functional groups attached to an aromatic ring is 1. The number of fused-ring (bicyclic) bond motifs is 3. The van der Waals surface area contributed by atoms with Gasteiger partial charge in [-0.2, -0.15) is 9.97 Å². The second-order valence-corrected chi connectivity index (χ2v) is 10.2. The molecule has 0 atom stereocenters. The first kappa shape index (κ1) is 27.1. The summed E-state index contributed by atoms with van der Waals surface area (Å²) < 4.78 is 11.0. The highest BCUT2D eigenvalue weighted by molar-refractivity contribution is 7.80. The minimum absolute atomic E-state index is 0.154. The van der Waals surface area contributed by atoms with Gasteiger partial charge in [0.15, 0.2) is 16.6 Å². The van der Waals surface area contributed by atoms with E-state index in [4.69, 9.17) is 27.4 Å². The Bertz CT molecular complexity index is 1770. The number of H-pyrrole nitrogens is 1. The van der Waals surface area contributed by atoms with Crippen molar-refractivity contribution >= 4 is 68.3 Å². The molecular formula is C30H30N8O3S. The Morgan fingerprint density at radius 1 is 0.905 bits per heavy atom.